The van der Waals surface area contributed by atoms with Crippen molar-refractivity contribution in [1.82, 2.24) is 4.90 Å². The van der Waals surface area contributed by atoms with E-state index in [1.54, 1.807) is 39.5 Å². The fourth-order valence-corrected chi connectivity index (χ4v) is 3.15. The zero-order valence-corrected chi connectivity index (χ0v) is 16.9. The summed E-state index contributed by atoms with van der Waals surface area (Å²) in [6.07, 6.45) is 0. The lowest BCUT2D eigenvalue weighted by molar-refractivity contribution is -0.117. The van der Waals surface area contributed by atoms with E-state index < -0.39 is 0 Å². The van der Waals surface area contributed by atoms with E-state index >= 15 is 0 Å². The van der Waals surface area contributed by atoms with Crippen LogP contribution in [0.1, 0.15) is 16.7 Å². The number of rotatable bonds is 8. The van der Waals surface area contributed by atoms with Crippen LogP contribution in [0.15, 0.2) is 30.3 Å². The predicted octanol–water partition coefficient (Wildman–Crippen LogP) is 3.40. The lowest BCUT2D eigenvalue weighted by Crippen LogP contribution is -2.29. The summed E-state index contributed by atoms with van der Waals surface area (Å²) in [6.45, 7) is 4.99. The molecule has 0 fully saturated rings. The van der Waals surface area contributed by atoms with Gasteiger partial charge in [0, 0.05) is 30.4 Å². The maximum Gasteiger partial charge on any atom is 0.238 e. The van der Waals surface area contributed by atoms with E-state index in [1.165, 1.54) is 0 Å². The Morgan fingerprint density at radius 2 is 1.48 bits per heavy atom. The summed E-state index contributed by atoms with van der Waals surface area (Å²) in [5, 5.41) is 2.89. The van der Waals surface area contributed by atoms with Gasteiger partial charge in [0.1, 0.15) is 17.2 Å². The first-order chi connectivity index (χ1) is 12.9. The Morgan fingerprint density at radius 1 is 0.926 bits per heavy atom. The Hall–Kier alpha value is -2.73. The molecule has 0 aliphatic rings. The maximum absolute atomic E-state index is 12.4. The molecule has 0 atom stereocenters. The molecule has 6 heteroatoms. The average Bonchev–Trinajstić information content (AvgIpc) is 2.60. The molecular weight excluding hydrogens is 344 g/mol. The van der Waals surface area contributed by atoms with Gasteiger partial charge in [0.05, 0.1) is 27.9 Å². The average molecular weight is 372 g/mol. The van der Waals surface area contributed by atoms with Gasteiger partial charge in [-0.05, 0) is 37.6 Å². The van der Waals surface area contributed by atoms with Crippen LogP contribution < -0.4 is 19.5 Å². The molecule has 0 heterocycles. The molecule has 2 aromatic carbocycles. The first-order valence-electron chi connectivity index (χ1n) is 8.71. The second-order valence-corrected chi connectivity index (χ2v) is 6.58. The van der Waals surface area contributed by atoms with Crippen molar-refractivity contribution < 1.29 is 19.0 Å². The van der Waals surface area contributed by atoms with Crippen molar-refractivity contribution in [2.24, 2.45) is 0 Å². The number of benzene rings is 2. The van der Waals surface area contributed by atoms with Gasteiger partial charge in [-0.25, -0.2) is 0 Å². The van der Waals surface area contributed by atoms with E-state index in [2.05, 4.69) is 17.4 Å². The summed E-state index contributed by atoms with van der Waals surface area (Å²) < 4.78 is 15.9. The highest BCUT2D eigenvalue weighted by Gasteiger charge is 2.11. The van der Waals surface area contributed by atoms with Crippen molar-refractivity contribution in [3.8, 4) is 17.2 Å². The number of likely N-dealkylation sites (N-methyl/N-ethyl adjacent to an activating group) is 1. The fourth-order valence-electron chi connectivity index (χ4n) is 3.15. The minimum atomic E-state index is -0.102. The van der Waals surface area contributed by atoms with E-state index in [0.717, 1.165) is 22.4 Å². The number of carbonyl (C=O) groups is 1. The number of nitrogens with one attached hydrogen (secondary N) is 1. The Morgan fingerprint density at radius 3 is 1.96 bits per heavy atom. The van der Waals surface area contributed by atoms with Crippen LogP contribution in [0.3, 0.4) is 0 Å². The van der Waals surface area contributed by atoms with Crippen molar-refractivity contribution in [1.29, 1.82) is 0 Å². The van der Waals surface area contributed by atoms with Gasteiger partial charge in [0.25, 0.3) is 0 Å². The smallest absolute Gasteiger partial charge is 0.238 e. The van der Waals surface area contributed by atoms with Crippen LogP contribution in [0, 0.1) is 13.8 Å². The molecule has 27 heavy (non-hydrogen) atoms. The summed E-state index contributed by atoms with van der Waals surface area (Å²) in [6, 6.07) is 9.46. The van der Waals surface area contributed by atoms with E-state index in [9.17, 15) is 4.79 Å². The van der Waals surface area contributed by atoms with Gasteiger partial charge in [0.2, 0.25) is 5.91 Å². The Bertz CT molecular complexity index is 760. The number of hydrogen-bond donors (Lipinski definition) is 1. The minimum Gasteiger partial charge on any atom is -0.497 e. The zero-order valence-electron chi connectivity index (χ0n) is 16.9. The molecule has 0 saturated heterocycles. The maximum atomic E-state index is 12.4. The lowest BCUT2D eigenvalue weighted by Gasteiger charge is -2.18. The number of hydrogen-bond acceptors (Lipinski definition) is 5. The van der Waals surface area contributed by atoms with Crippen LogP contribution in [-0.4, -0.2) is 45.7 Å². The largest absolute Gasteiger partial charge is 0.497 e. The molecule has 0 bridgehead atoms. The van der Waals surface area contributed by atoms with E-state index in [1.807, 2.05) is 25.8 Å². The second kappa shape index (κ2) is 9.28. The Kier molecular flexibility index (Phi) is 7.07. The zero-order chi connectivity index (χ0) is 20.0. The molecule has 0 spiro atoms. The van der Waals surface area contributed by atoms with Crippen LogP contribution in [0.2, 0.25) is 0 Å². The number of aryl methyl sites for hydroxylation is 2. The number of anilines is 1. The molecule has 0 saturated carbocycles. The number of carbonyl (C=O) groups excluding carboxylic acids is 1. The lowest BCUT2D eigenvalue weighted by atomic mass is 10.1. The molecule has 146 valence electrons. The number of nitrogens with zero attached hydrogens (tertiary/aromatic N) is 1. The molecule has 0 aliphatic carbocycles. The third kappa shape index (κ3) is 5.62. The van der Waals surface area contributed by atoms with Crippen molar-refractivity contribution in [2.45, 2.75) is 20.4 Å². The minimum absolute atomic E-state index is 0.102. The third-order valence-electron chi connectivity index (χ3n) is 4.23. The van der Waals surface area contributed by atoms with Crippen molar-refractivity contribution in [3.05, 3.63) is 47.0 Å². The molecule has 1 amide bonds. The summed E-state index contributed by atoms with van der Waals surface area (Å²) >= 11 is 0. The van der Waals surface area contributed by atoms with Gasteiger partial charge < -0.3 is 19.5 Å². The molecule has 0 unspecified atom stereocenters. The van der Waals surface area contributed by atoms with Gasteiger partial charge >= 0.3 is 0 Å². The summed E-state index contributed by atoms with van der Waals surface area (Å²) in [5.41, 5.74) is 3.97. The number of ether oxygens (including phenoxy) is 3. The van der Waals surface area contributed by atoms with Crippen molar-refractivity contribution in [3.63, 3.8) is 0 Å². The Labute approximate surface area is 161 Å². The SMILES string of the molecule is COc1cc(NC(=O)CN(C)Cc2cc(C)c(OC)c(C)c2)cc(OC)c1. The van der Waals surface area contributed by atoms with E-state index in [-0.39, 0.29) is 12.5 Å². The Balaban J connectivity index is 2.00. The van der Waals surface area contributed by atoms with Crippen LogP contribution in [-0.2, 0) is 11.3 Å². The number of amides is 1. The number of methoxy groups -OCH3 is 3. The highest BCUT2D eigenvalue weighted by atomic mass is 16.5. The fraction of sp³-hybridized carbons (Fsp3) is 0.381. The molecule has 0 aliphatic heterocycles. The van der Waals surface area contributed by atoms with E-state index in [4.69, 9.17) is 14.2 Å². The first kappa shape index (κ1) is 20.6. The predicted molar refractivity (Wildman–Crippen MR) is 107 cm³/mol. The molecular formula is C21H28N2O4. The standard InChI is InChI=1S/C21H28N2O4/c1-14-7-16(8-15(2)21(14)27-6)12-23(3)13-20(24)22-17-9-18(25-4)11-19(10-17)26-5/h7-11H,12-13H2,1-6H3,(H,22,24). The quantitative estimate of drug-likeness (QED) is 0.770. The highest BCUT2D eigenvalue weighted by Crippen LogP contribution is 2.26. The second-order valence-electron chi connectivity index (χ2n) is 6.58. The van der Waals surface area contributed by atoms with Gasteiger partial charge in [0.15, 0.2) is 0 Å². The van der Waals surface area contributed by atoms with Gasteiger partial charge in [-0.3, -0.25) is 9.69 Å². The third-order valence-corrected chi connectivity index (χ3v) is 4.23. The molecule has 0 radical (unpaired) electrons. The highest BCUT2D eigenvalue weighted by molar-refractivity contribution is 5.92. The normalized spacial score (nSPS) is 10.6. The summed E-state index contributed by atoms with van der Waals surface area (Å²) in [4.78, 5) is 14.4. The molecule has 2 rings (SSSR count). The van der Waals surface area contributed by atoms with Crippen molar-refractivity contribution in [2.75, 3.05) is 40.2 Å². The van der Waals surface area contributed by atoms with Crippen LogP contribution in [0.4, 0.5) is 5.69 Å². The topological polar surface area (TPSA) is 60.0 Å². The van der Waals surface area contributed by atoms with Crippen LogP contribution >= 0.6 is 0 Å². The molecule has 1 N–H and O–H groups in total. The molecule has 6 nitrogen and oxygen atoms in total. The van der Waals surface area contributed by atoms with Gasteiger partial charge in [-0.2, -0.15) is 0 Å². The molecule has 0 aromatic heterocycles. The summed E-state index contributed by atoms with van der Waals surface area (Å²) in [5.74, 6) is 2.06. The van der Waals surface area contributed by atoms with Crippen molar-refractivity contribution >= 4 is 11.6 Å². The van der Waals surface area contributed by atoms with E-state index in [0.29, 0.717) is 23.7 Å². The first-order valence-corrected chi connectivity index (χ1v) is 8.71. The van der Waals surface area contributed by atoms with Gasteiger partial charge in [-0.1, -0.05) is 12.1 Å². The molecule has 2 aromatic rings. The summed E-state index contributed by atoms with van der Waals surface area (Å²) in [7, 11) is 6.75. The van der Waals surface area contributed by atoms with Crippen LogP contribution in [0.25, 0.3) is 0 Å². The van der Waals surface area contributed by atoms with Crippen LogP contribution in [0.5, 0.6) is 17.2 Å². The van der Waals surface area contributed by atoms with Gasteiger partial charge in [-0.15, -0.1) is 0 Å². The monoisotopic (exact) mass is 372 g/mol.